The smallest absolute Gasteiger partial charge is 0.233 e. The van der Waals surface area contributed by atoms with E-state index in [-0.39, 0.29) is 18.1 Å². The van der Waals surface area contributed by atoms with Gasteiger partial charge in [-0.15, -0.1) is 11.3 Å². The molecule has 2 amide bonds. The van der Waals surface area contributed by atoms with E-state index in [9.17, 15) is 9.59 Å². The first kappa shape index (κ1) is 19.7. The highest BCUT2D eigenvalue weighted by Crippen LogP contribution is 2.31. The molecule has 0 atom stereocenters. The fourth-order valence-electron chi connectivity index (χ4n) is 2.50. The summed E-state index contributed by atoms with van der Waals surface area (Å²) in [6.07, 6.45) is 0.142. The number of halogens is 1. The maximum Gasteiger partial charge on any atom is 0.233 e. The Morgan fingerprint density at radius 2 is 1.96 bits per heavy atom. The van der Waals surface area contributed by atoms with Crippen molar-refractivity contribution in [1.29, 1.82) is 0 Å². The van der Waals surface area contributed by atoms with Gasteiger partial charge in [-0.25, -0.2) is 4.98 Å². The highest BCUT2D eigenvalue weighted by atomic mass is 35.5. The Hall–Kier alpha value is -2.09. The van der Waals surface area contributed by atoms with E-state index in [0.717, 1.165) is 20.1 Å². The first-order valence-corrected chi connectivity index (χ1v) is 10.5. The molecule has 0 bridgehead atoms. The second kappa shape index (κ2) is 9.21. The number of aromatic nitrogens is 1. The van der Waals surface area contributed by atoms with Gasteiger partial charge in [0.2, 0.25) is 11.8 Å². The van der Waals surface area contributed by atoms with Crippen molar-refractivity contribution in [2.45, 2.75) is 17.3 Å². The van der Waals surface area contributed by atoms with E-state index in [1.165, 1.54) is 23.1 Å². The molecule has 0 aliphatic heterocycles. The Kier molecular flexibility index (Phi) is 6.71. The Bertz CT molecular complexity index is 947. The van der Waals surface area contributed by atoms with Crippen molar-refractivity contribution < 1.29 is 9.59 Å². The minimum absolute atomic E-state index is 0.0533. The van der Waals surface area contributed by atoms with Gasteiger partial charge in [0, 0.05) is 24.5 Å². The number of carbonyl (C=O) groups excluding carboxylic acids is 2. The molecule has 140 valence electrons. The quantitative estimate of drug-likeness (QED) is 0.561. The van der Waals surface area contributed by atoms with Gasteiger partial charge in [0.05, 0.1) is 16.0 Å². The molecule has 0 spiro atoms. The number of primary amides is 1. The van der Waals surface area contributed by atoms with E-state index in [2.05, 4.69) is 4.98 Å². The van der Waals surface area contributed by atoms with Crippen molar-refractivity contribution in [1.82, 2.24) is 9.88 Å². The summed E-state index contributed by atoms with van der Waals surface area (Å²) >= 11 is 8.91. The molecule has 0 aliphatic carbocycles. The van der Waals surface area contributed by atoms with Gasteiger partial charge in [-0.1, -0.05) is 53.7 Å². The second-order valence-electron chi connectivity index (χ2n) is 5.90. The molecule has 0 unspecified atom stereocenters. The van der Waals surface area contributed by atoms with Crippen LogP contribution in [0.2, 0.25) is 5.02 Å². The monoisotopic (exact) mass is 419 g/mol. The van der Waals surface area contributed by atoms with E-state index in [0.29, 0.717) is 18.1 Å². The molecular formula is C19H18ClN3O2S2. The molecular weight excluding hydrogens is 402 g/mol. The number of thioether (sulfide) groups is 1. The van der Waals surface area contributed by atoms with Crippen LogP contribution >= 0.6 is 34.7 Å². The van der Waals surface area contributed by atoms with Crippen molar-refractivity contribution >= 4 is 56.7 Å². The molecule has 0 fully saturated rings. The Morgan fingerprint density at radius 3 is 2.70 bits per heavy atom. The summed E-state index contributed by atoms with van der Waals surface area (Å²) in [6.45, 7) is 0.752. The van der Waals surface area contributed by atoms with Crippen LogP contribution in [-0.4, -0.2) is 34.0 Å². The highest BCUT2D eigenvalue weighted by molar-refractivity contribution is 8.01. The van der Waals surface area contributed by atoms with Gasteiger partial charge in [0.1, 0.15) is 0 Å². The van der Waals surface area contributed by atoms with Crippen LogP contribution in [0, 0.1) is 0 Å². The van der Waals surface area contributed by atoms with Gasteiger partial charge in [-0.2, -0.15) is 0 Å². The van der Waals surface area contributed by atoms with Gasteiger partial charge in [0.15, 0.2) is 4.34 Å². The first-order valence-electron chi connectivity index (χ1n) is 8.30. The molecule has 5 nitrogen and oxygen atoms in total. The third kappa shape index (κ3) is 5.69. The Morgan fingerprint density at radius 1 is 1.19 bits per heavy atom. The highest BCUT2D eigenvalue weighted by Gasteiger charge is 2.16. The zero-order valence-electron chi connectivity index (χ0n) is 14.4. The number of amides is 2. The maximum absolute atomic E-state index is 12.7. The summed E-state index contributed by atoms with van der Waals surface area (Å²) in [6, 6.07) is 15.2. The fraction of sp³-hybridized carbons (Fsp3) is 0.211. The number of nitrogens with zero attached hydrogens (tertiary/aromatic N) is 2. The molecule has 1 aromatic heterocycles. The number of benzene rings is 2. The van der Waals surface area contributed by atoms with Crippen LogP contribution in [0.5, 0.6) is 0 Å². The van der Waals surface area contributed by atoms with E-state index in [1.807, 2.05) is 48.5 Å². The number of fused-ring (bicyclic) bond motifs is 1. The molecule has 0 saturated heterocycles. The number of carbonyl (C=O) groups is 2. The van der Waals surface area contributed by atoms with Crippen molar-refractivity contribution in [2.24, 2.45) is 5.73 Å². The lowest BCUT2D eigenvalue weighted by Crippen LogP contribution is -2.34. The summed E-state index contributed by atoms with van der Waals surface area (Å²) in [5, 5.41) is 0.640. The maximum atomic E-state index is 12.7. The molecule has 3 rings (SSSR count). The fourth-order valence-corrected chi connectivity index (χ4v) is 4.61. The third-order valence-corrected chi connectivity index (χ3v) is 6.25. The van der Waals surface area contributed by atoms with E-state index < -0.39 is 5.91 Å². The minimum atomic E-state index is -0.420. The molecule has 8 heteroatoms. The van der Waals surface area contributed by atoms with Crippen LogP contribution in [0.4, 0.5) is 0 Å². The minimum Gasteiger partial charge on any atom is -0.370 e. The van der Waals surface area contributed by atoms with Gasteiger partial charge in [0.25, 0.3) is 0 Å². The number of hydrogen-bond donors (Lipinski definition) is 1. The Labute approximate surface area is 170 Å². The van der Waals surface area contributed by atoms with Crippen LogP contribution in [0.15, 0.2) is 52.9 Å². The summed E-state index contributed by atoms with van der Waals surface area (Å²) in [4.78, 5) is 30.0. The van der Waals surface area contributed by atoms with Crippen molar-refractivity contribution in [3.05, 3.63) is 59.1 Å². The van der Waals surface area contributed by atoms with Crippen LogP contribution in [-0.2, 0) is 16.1 Å². The lowest BCUT2D eigenvalue weighted by atomic mass is 10.2. The summed E-state index contributed by atoms with van der Waals surface area (Å²) < 4.78 is 1.85. The van der Waals surface area contributed by atoms with Crippen LogP contribution in [0.1, 0.15) is 12.0 Å². The van der Waals surface area contributed by atoms with E-state index >= 15 is 0 Å². The molecule has 2 N–H and O–H groups in total. The molecule has 27 heavy (non-hydrogen) atoms. The third-order valence-electron chi connectivity index (χ3n) is 3.85. The van der Waals surface area contributed by atoms with Gasteiger partial charge in [-0.3, -0.25) is 9.59 Å². The van der Waals surface area contributed by atoms with Crippen molar-refractivity contribution in [3.8, 4) is 0 Å². The lowest BCUT2D eigenvalue weighted by Gasteiger charge is -2.22. The second-order valence-corrected chi connectivity index (χ2v) is 8.59. The van der Waals surface area contributed by atoms with Gasteiger partial charge in [-0.05, 0) is 23.8 Å². The van der Waals surface area contributed by atoms with Crippen molar-refractivity contribution in [3.63, 3.8) is 0 Å². The van der Waals surface area contributed by atoms with Crippen LogP contribution < -0.4 is 5.73 Å². The van der Waals surface area contributed by atoms with Crippen molar-refractivity contribution in [2.75, 3.05) is 12.3 Å². The first-order chi connectivity index (χ1) is 13.0. The van der Waals surface area contributed by atoms with Gasteiger partial charge < -0.3 is 10.6 Å². The normalized spacial score (nSPS) is 10.9. The number of hydrogen-bond acceptors (Lipinski definition) is 5. The number of nitrogens with two attached hydrogens (primary N) is 1. The Balaban J connectivity index is 1.65. The average Bonchev–Trinajstić information content (AvgIpc) is 3.05. The average molecular weight is 420 g/mol. The SMILES string of the molecule is NC(=O)CCN(Cc1ccccc1)C(=O)CSc1nc2cc(Cl)ccc2s1. The molecule has 2 aromatic carbocycles. The number of rotatable bonds is 8. The standard InChI is InChI=1S/C19H18ClN3O2S2/c20-14-6-7-16-15(10-14)22-19(27-16)26-12-18(25)23(9-8-17(21)24)11-13-4-2-1-3-5-13/h1-7,10H,8-9,11-12H2,(H2,21,24). The molecule has 0 saturated carbocycles. The van der Waals surface area contributed by atoms with Crippen LogP contribution in [0.25, 0.3) is 10.2 Å². The molecule has 3 aromatic rings. The number of thiazole rings is 1. The molecule has 0 radical (unpaired) electrons. The summed E-state index contributed by atoms with van der Waals surface area (Å²) in [5.41, 5.74) is 7.09. The predicted molar refractivity (Wildman–Crippen MR) is 111 cm³/mol. The van der Waals surface area contributed by atoms with E-state index in [4.69, 9.17) is 17.3 Å². The zero-order chi connectivity index (χ0) is 19.2. The molecule has 0 aliphatic rings. The van der Waals surface area contributed by atoms with Crippen LogP contribution in [0.3, 0.4) is 0 Å². The predicted octanol–water partition coefficient (Wildman–Crippen LogP) is 3.95. The molecule has 1 heterocycles. The summed E-state index contributed by atoms with van der Waals surface area (Å²) in [7, 11) is 0. The topological polar surface area (TPSA) is 76.3 Å². The lowest BCUT2D eigenvalue weighted by molar-refractivity contribution is -0.129. The summed E-state index contributed by atoms with van der Waals surface area (Å²) in [5.74, 6) is -0.224. The zero-order valence-corrected chi connectivity index (χ0v) is 16.8. The van der Waals surface area contributed by atoms with Gasteiger partial charge >= 0.3 is 0 Å². The van der Waals surface area contributed by atoms with E-state index in [1.54, 1.807) is 4.90 Å². The largest absolute Gasteiger partial charge is 0.370 e.